The molecule has 4 nitrogen and oxygen atoms in total. The van der Waals surface area contributed by atoms with Crippen LogP contribution in [0.1, 0.15) is 20.2 Å². The lowest BCUT2D eigenvalue weighted by Gasteiger charge is -2.03. The Hall–Kier alpha value is -1.76. The molecular formula is C15H12ClN3OS2. The van der Waals surface area contributed by atoms with Crippen molar-refractivity contribution in [2.45, 2.75) is 13.5 Å². The normalized spacial score (nSPS) is 10.6. The molecule has 22 heavy (non-hydrogen) atoms. The van der Waals surface area contributed by atoms with Gasteiger partial charge in [0.05, 0.1) is 27.7 Å². The number of aryl methyl sites for hydroxylation is 1. The van der Waals surface area contributed by atoms with E-state index in [-0.39, 0.29) is 5.91 Å². The minimum absolute atomic E-state index is 0.163. The van der Waals surface area contributed by atoms with Crippen molar-refractivity contribution in [1.82, 2.24) is 15.3 Å². The molecule has 3 heterocycles. The first-order valence-electron chi connectivity index (χ1n) is 6.53. The zero-order chi connectivity index (χ0) is 15.5. The fourth-order valence-electron chi connectivity index (χ4n) is 1.87. The molecule has 0 unspecified atom stereocenters. The van der Waals surface area contributed by atoms with Crippen LogP contribution in [0.4, 0.5) is 0 Å². The summed E-state index contributed by atoms with van der Waals surface area (Å²) in [6, 6.07) is 7.30. The molecule has 3 aromatic rings. The fourth-order valence-corrected chi connectivity index (χ4v) is 3.57. The van der Waals surface area contributed by atoms with Gasteiger partial charge >= 0.3 is 0 Å². The molecule has 0 spiro atoms. The molecule has 0 radical (unpaired) electrons. The summed E-state index contributed by atoms with van der Waals surface area (Å²) in [5.74, 6) is -0.163. The van der Waals surface area contributed by atoms with Crippen molar-refractivity contribution in [1.29, 1.82) is 0 Å². The van der Waals surface area contributed by atoms with Crippen LogP contribution in [0.25, 0.3) is 10.6 Å². The summed E-state index contributed by atoms with van der Waals surface area (Å²) in [6.45, 7) is 2.47. The molecule has 3 rings (SSSR count). The van der Waals surface area contributed by atoms with Gasteiger partial charge in [0.15, 0.2) is 0 Å². The van der Waals surface area contributed by atoms with Gasteiger partial charge in [0.1, 0.15) is 5.15 Å². The predicted molar refractivity (Wildman–Crippen MR) is 90.6 cm³/mol. The Morgan fingerprint density at radius 1 is 1.32 bits per heavy atom. The Morgan fingerprint density at radius 3 is 2.86 bits per heavy atom. The maximum Gasteiger partial charge on any atom is 0.253 e. The molecule has 0 saturated heterocycles. The molecule has 7 heteroatoms. The average Bonchev–Trinajstić information content (AvgIpc) is 3.14. The van der Waals surface area contributed by atoms with Gasteiger partial charge in [-0.15, -0.1) is 22.7 Å². The highest BCUT2D eigenvalue weighted by Crippen LogP contribution is 2.28. The van der Waals surface area contributed by atoms with Gasteiger partial charge in [0, 0.05) is 16.5 Å². The molecule has 1 amide bonds. The van der Waals surface area contributed by atoms with Gasteiger partial charge in [-0.3, -0.25) is 4.79 Å². The molecule has 1 N–H and O–H groups in total. The van der Waals surface area contributed by atoms with Crippen LogP contribution in [0.15, 0.2) is 35.8 Å². The van der Waals surface area contributed by atoms with E-state index in [1.54, 1.807) is 34.8 Å². The van der Waals surface area contributed by atoms with Gasteiger partial charge < -0.3 is 5.32 Å². The highest BCUT2D eigenvalue weighted by atomic mass is 35.5. The number of aromatic nitrogens is 2. The van der Waals surface area contributed by atoms with E-state index in [1.807, 2.05) is 24.4 Å². The third-order valence-corrected chi connectivity index (χ3v) is 5.05. The summed E-state index contributed by atoms with van der Waals surface area (Å²) in [5.41, 5.74) is 1.49. The molecular weight excluding hydrogens is 338 g/mol. The number of amides is 1. The van der Waals surface area contributed by atoms with Crippen LogP contribution >= 0.6 is 34.3 Å². The lowest BCUT2D eigenvalue weighted by molar-refractivity contribution is 0.0951. The molecule has 0 saturated carbocycles. The van der Waals surface area contributed by atoms with Gasteiger partial charge in [-0.2, -0.15) is 0 Å². The lowest BCUT2D eigenvalue weighted by atomic mass is 10.2. The van der Waals surface area contributed by atoms with Crippen LogP contribution < -0.4 is 5.32 Å². The second kappa shape index (κ2) is 6.56. The number of halogens is 1. The van der Waals surface area contributed by atoms with Crippen molar-refractivity contribution >= 4 is 40.2 Å². The average molecular weight is 350 g/mol. The number of carbonyl (C=O) groups excluding carboxylic acids is 1. The van der Waals surface area contributed by atoms with Crippen molar-refractivity contribution in [2.24, 2.45) is 0 Å². The van der Waals surface area contributed by atoms with Crippen LogP contribution in [0.3, 0.4) is 0 Å². The van der Waals surface area contributed by atoms with E-state index in [0.717, 1.165) is 20.5 Å². The van der Waals surface area contributed by atoms with E-state index >= 15 is 0 Å². The first-order valence-corrected chi connectivity index (χ1v) is 8.60. The minimum atomic E-state index is -0.163. The summed E-state index contributed by atoms with van der Waals surface area (Å²) in [4.78, 5) is 22.6. The Balaban J connectivity index is 1.63. The summed E-state index contributed by atoms with van der Waals surface area (Å²) < 4.78 is 0. The lowest BCUT2D eigenvalue weighted by Crippen LogP contribution is -2.22. The van der Waals surface area contributed by atoms with Gasteiger partial charge in [-0.25, -0.2) is 9.97 Å². The first-order chi connectivity index (χ1) is 10.6. The first kappa shape index (κ1) is 15.1. The number of nitrogens with one attached hydrogen (secondary N) is 1. The Morgan fingerprint density at radius 2 is 2.18 bits per heavy atom. The molecule has 0 aliphatic rings. The number of pyridine rings is 1. The van der Waals surface area contributed by atoms with Crippen molar-refractivity contribution in [3.63, 3.8) is 0 Å². The zero-order valence-electron chi connectivity index (χ0n) is 11.7. The number of hydrogen-bond acceptors (Lipinski definition) is 5. The smallest absolute Gasteiger partial charge is 0.253 e. The Labute approximate surface area is 140 Å². The highest BCUT2D eigenvalue weighted by Gasteiger charge is 2.09. The minimum Gasteiger partial charge on any atom is -0.347 e. The second-order valence-electron chi connectivity index (χ2n) is 4.57. The second-order valence-corrected chi connectivity index (χ2v) is 7.19. The summed E-state index contributed by atoms with van der Waals surface area (Å²) in [5, 5.41) is 6.34. The summed E-state index contributed by atoms with van der Waals surface area (Å²) >= 11 is 8.97. The van der Waals surface area contributed by atoms with Crippen LogP contribution in [0.2, 0.25) is 5.15 Å². The van der Waals surface area contributed by atoms with Crippen LogP contribution in [0.5, 0.6) is 0 Å². The maximum atomic E-state index is 12.0. The van der Waals surface area contributed by atoms with E-state index < -0.39 is 0 Å². The number of nitrogens with zero attached hydrogens (tertiary/aromatic N) is 2. The van der Waals surface area contributed by atoms with E-state index in [9.17, 15) is 4.79 Å². The maximum absolute atomic E-state index is 12.0. The fraction of sp³-hybridized carbons (Fsp3) is 0.133. The van der Waals surface area contributed by atoms with Crippen LogP contribution in [0, 0.1) is 6.92 Å². The number of carbonyl (C=O) groups is 1. The monoisotopic (exact) mass is 349 g/mol. The van der Waals surface area contributed by atoms with E-state index in [0.29, 0.717) is 17.3 Å². The number of rotatable bonds is 4. The molecule has 0 aromatic carbocycles. The highest BCUT2D eigenvalue weighted by molar-refractivity contribution is 7.16. The van der Waals surface area contributed by atoms with Gasteiger partial charge in [0.25, 0.3) is 5.91 Å². The molecule has 112 valence electrons. The topological polar surface area (TPSA) is 54.9 Å². The third kappa shape index (κ3) is 3.52. The van der Waals surface area contributed by atoms with E-state index in [4.69, 9.17) is 11.6 Å². The van der Waals surface area contributed by atoms with Gasteiger partial charge in [-0.1, -0.05) is 11.6 Å². The summed E-state index contributed by atoms with van der Waals surface area (Å²) in [6.07, 6.45) is 1.47. The van der Waals surface area contributed by atoms with Crippen molar-refractivity contribution in [2.75, 3.05) is 0 Å². The Bertz CT molecular complexity index is 795. The molecule has 0 atom stereocenters. The third-order valence-electron chi connectivity index (χ3n) is 2.95. The van der Waals surface area contributed by atoms with E-state index in [1.165, 1.54) is 6.20 Å². The van der Waals surface area contributed by atoms with Gasteiger partial charge in [0.2, 0.25) is 0 Å². The number of thiazole rings is 1. The molecule has 3 aromatic heterocycles. The standard InChI is InChI=1S/C15H12ClN3OS2/c1-9-19-12(8-21-9)13-4-3-11(22-13)7-18-15(20)10-2-5-14(16)17-6-10/h2-6,8H,7H2,1H3,(H,18,20). The molecule has 0 aliphatic carbocycles. The van der Waals surface area contributed by atoms with Crippen LogP contribution in [-0.4, -0.2) is 15.9 Å². The van der Waals surface area contributed by atoms with Crippen molar-refractivity contribution in [3.8, 4) is 10.6 Å². The number of hydrogen-bond donors (Lipinski definition) is 1. The van der Waals surface area contributed by atoms with E-state index in [2.05, 4.69) is 15.3 Å². The number of thiophene rings is 1. The Kier molecular flexibility index (Phi) is 4.52. The molecule has 0 fully saturated rings. The molecule has 0 aliphatic heterocycles. The van der Waals surface area contributed by atoms with Gasteiger partial charge in [-0.05, 0) is 31.2 Å². The van der Waals surface area contributed by atoms with Crippen molar-refractivity contribution in [3.05, 3.63) is 56.4 Å². The van der Waals surface area contributed by atoms with Crippen molar-refractivity contribution < 1.29 is 4.79 Å². The van der Waals surface area contributed by atoms with Crippen LogP contribution in [-0.2, 0) is 6.54 Å². The largest absolute Gasteiger partial charge is 0.347 e. The SMILES string of the molecule is Cc1nc(-c2ccc(CNC(=O)c3ccc(Cl)nc3)s2)cs1. The zero-order valence-corrected chi connectivity index (χ0v) is 14.1. The predicted octanol–water partition coefficient (Wildman–Crippen LogP) is 4.16. The summed E-state index contributed by atoms with van der Waals surface area (Å²) in [7, 11) is 0. The molecule has 0 bridgehead atoms. The quantitative estimate of drug-likeness (QED) is 0.719.